The third kappa shape index (κ3) is 5.57. The molecule has 2 amide bonds. The lowest BCUT2D eigenvalue weighted by atomic mass is 10.1. The quantitative estimate of drug-likeness (QED) is 0.716. The van der Waals surface area contributed by atoms with E-state index >= 15 is 0 Å². The highest BCUT2D eigenvalue weighted by Gasteiger charge is 2.23. The summed E-state index contributed by atoms with van der Waals surface area (Å²) in [6, 6.07) is 13.7. The van der Waals surface area contributed by atoms with Gasteiger partial charge < -0.3 is 10.2 Å². The maximum atomic E-state index is 12.7. The maximum absolute atomic E-state index is 12.7. The first-order valence-electron chi connectivity index (χ1n) is 9.40. The Balaban J connectivity index is 2.28. The van der Waals surface area contributed by atoms with Gasteiger partial charge in [-0.2, -0.15) is 0 Å². The van der Waals surface area contributed by atoms with E-state index in [0.717, 1.165) is 16.1 Å². The molecule has 8 heteroatoms. The zero-order valence-electron chi connectivity index (χ0n) is 17.2. The SMILES string of the molecule is CCN(CC)C(=O)c1ccccc1NC(=O)CN(c1ccccc1C)S(C)(=O)=O. The highest BCUT2D eigenvalue weighted by Crippen LogP contribution is 2.23. The molecule has 0 saturated carbocycles. The van der Waals surface area contributed by atoms with Gasteiger partial charge in [-0.15, -0.1) is 0 Å². The number of amides is 2. The summed E-state index contributed by atoms with van der Waals surface area (Å²) < 4.78 is 25.7. The Morgan fingerprint density at radius 1 is 0.966 bits per heavy atom. The first kappa shape index (κ1) is 22.4. The monoisotopic (exact) mass is 417 g/mol. The van der Waals surface area contributed by atoms with E-state index < -0.39 is 22.5 Å². The van der Waals surface area contributed by atoms with Crippen LogP contribution in [0.1, 0.15) is 29.8 Å². The summed E-state index contributed by atoms with van der Waals surface area (Å²) in [5, 5.41) is 2.69. The van der Waals surface area contributed by atoms with Crippen molar-refractivity contribution >= 4 is 33.2 Å². The average molecular weight is 418 g/mol. The van der Waals surface area contributed by atoms with Gasteiger partial charge in [0.15, 0.2) is 0 Å². The van der Waals surface area contributed by atoms with E-state index in [1.807, 2.05) is 13.8 Å². The fourth-order valence-electron chi connectivity index (χ4n) is 3.00. The average Bonchev–Trinajstić information content (AvgIpc) is 2.67. The first-order valence-corrected chi connectivity index (χ1v) is 11.2. The molecule has 0 bridgehead atoms. The molecule has 0 aliphatic carbocycles. The van der Waals surface area contributed by atoms with Crippen LogP contribution < -0.4 is 9.62 Å². The zero-order chi connectivity index (χ0) is 21.6. The van der Waals surface area contributed by atoms with E-state index in [4.69, 9.17) is 0 Å². The Bertz CT molecular complexity index is 985. The number of sulfonamides is 1. The molecule has 0 radical (unpaired) electrons. The Morgan fingerprint density at radius 3 is 2.14 bits per heavy atom. The predicted molar refractivity (Wildman–Crippen MR) is 116 cm³/mol. The maximum Gasteiger partial charge on any atom is 0.255 e. The van der Waals surface area contributed by atoms with Gasteiger partial charge in [0, 0.05) is 13.1 Å². The van der Waals surface area contributed by atoms with E-state index in [2.05, 4.69) is 5.32 Å². The van der Waals surface area contributed by atoms with Crippen LogP contribution in [0.3, 0.4) is 0 Å². The third-order valence-electron chi connectivity index (χ3n) is 4.55. The molecule has 0 aliphatic heterocycles. The van der Waals surface area contributed by atoms with Crippen molar-refractivity contribution in [2.75, 3.05) is 35.5 Å². The summed E-state index contributed by atoms with van der Waals surface area (Å²) in [7, 11) is -3.68. The lowest BCUT2D eigenvalue weighted by molar-refractivity contribution is -0.114. The van der Waals surface area contributed by atoms with Crippen LogP contribution in [0.15, 0.2) is 48.5 Å². The Hall–Kier alpha value is -2.87. The van der Waals surface area contributed by atoms with Crippen LogP contribution in [0.2, 0.25) is 0 Å². The Morgan fingerprint density at radius 2 is 1.55 bits per heavy atom. The smallest absolute Gasteiger partial charge is 0.255 e. The van der Waals surface area contributed by atoms with E-state index in [0.29, 0.717) is 30.0 Å². The van der Waals surface area contributed by atoms with Gasteiger partial charge in [-0.25, -0.2) is 8.42 Å². The normalized spacial score (nSPS) is 11.0. The summed E-state index contributed by atoms with van der Waals surface area (Å²) in [5.41, 5.74) is 1.90. The summed E-state index contributed by atoms with van der Waals surface area (Å²) in [6.45, 7) is 6.25. The molecule has 2 aromatic rings. The number of rotatable bonds is 8. The van der Waals surface area contributed by atoms with Crippen LogP contribution in [0, 0.1) is 6.92 Å². The number of nitrogens with one attached hydrogen (secondary N) is 1. The topological polar surface area (TPSA) is 86.8 Å². The fraction of sp³-hybridized carbons (Fsp3) is 0.333. The van der Waals surface area contributed by atoms with Gasteiger partial charge in [-0.05, 0) is 44.5 Å². The van der Waals surface area contributed by atoms with Crippen molar-refractivity contribution in [1.29, 1.82) is 0 Å². The molecule has 0 aromatic heterocycles. The van der Waals surface area contributed by atoms with Crippen molar-refractivity contribution in [3.05, 3.63) is 59.7 Å². The van der Waals surface area contributed by atoms with E-state index in [1.165, 1.54) is 0 Å². The van der Waals surface area contributed by atoms with Gasteiger partial charge in [-0.1, -0.05) is 30.3 Å². The lowest BCUT2D eigenvalue weighted by Crippen LogP contribution is -2.38. The number of hydrogen-bond donors (Lipinski definition) is 1. The van der Waals surface area contributed by atoms with Gasteiger partial charge in [0.1, 0.15) is 6.54 Å². The van der Waals surface area contributed by atoms with Gasteiger partial charge in [0.05, 0.1) is 23.2 Å². The highest BCUT2D eigenvalue weighted by molar-refractivity contribution is 7.92. The molecular formula is C21H27N3O4S. The molecule has 0 fully saturated rings. The van der Waals surface area contributed by atoms with Crippen LogP contribution in [-0.4, -0.2) is 51.0 Å². The number of anilines is 2. The molecule has 0 heterocycles. The first-order chi connectivity index (χ1) is 13.7. The van der Waals surface area contributed by atoms with E-state index in [1.54, 1.807) is 60.4 Å². The van der Waals surface area contributed by atoms with Crippen LogP contribution in [-0.2, 0) is 14.8 Å². The van der Waals surface area contributed by atoms with Gasteiger partial charge in [-0.3, -0.25) is 13.9 Å². The molecular weight excluding hydrogens is 390 g/mol. The van der Waals surface area contributed by atoms with Crippen molar-refractivity contribution in [3.63, 3.8) is 0 Å². The lowest BCUT2D eigenvalue weighted by Gasteiger charge is -2.24. The Labute approximate surface area is 172 Å². The van der Waals surface area contributed by atoms with Crippen molar-refractivity contribution in [2.24, 2.45) is 0 Å². The largest absolute Gasteiger partial charge is 0.339 e. The number of benzene rings is 2. The number of aryl methyl sites for hydroxylation is 1. The molecule has 0 atom stereocenters. The second kappa shape index (κ2) is 9.56. The summed E-state index contributed by atoms with van der Waals surface area (Å²) in [5.74, 6) is -0.719. The molecule has 7 nitrogen and oxygen atoms in total. The molecule has 29 heavy (non-hydrogen) atoms. The van der Waals surface area contributed by atoms with Gasteiger partial charge in [0.25, 0.3) is 5.91 Å². The minimum atomic E-state index is -3.68. The summed E-state index contributed by atoms with van der Waals surface area (Å²) in [4.78, 5) is 27.1. The van der Waals surface area contributed by atoms with E-state index in [-0.39, 0.29) is 5.91 Å². The van der Waals surface area contributed by atoms with Crippen molar-refractivity contribution in [2.45, 2.75) is 20.8 Å². The third-order valence-corrected chi connectivity index (χ3v) is 5.68. The van der Waals surface area contributed by atoms with Crippen molar-refractivity contribution in [3.8, 4) is 0 Å². The minimum Gasteiger partial charge on any atom is -0.339 e. The van der Waals surface area contributed by atoms with E-state index in [9.17, 15) is 18.0 Å². The van der Waals surface area contributed by atoms with Crippen LogP contribution in [0.4, 0.5) is 11.4 Å². The highest BCUT2D eigenvalue weighted by atomic mass is 32.2. The molecule has 156 valence electrons. The molecule has 0 spiro atoms. The Kier molecular flexibility index (Phi) is 7.39. The number of carbonyl (C=O) groups excluding carboxylic acids is 2. The second-order valence-corrected chi connectivity index (χ2v) is 8.53. The number of hydrogen-bond acceptors (Lipinski definition) is 4. The molecule has 0 aliphatic rings. The zero-order valence-corrected chi connectivity index (χ0v) is 18.0. The molecule has 0 unspecified atom stereocenters. The van der Waals surface area contributed by atoms with Crippen LogP contribution in [0.5, 0.6) is 0 Å². The predicted octanol–water partition coefficient (Wildman–Crippen LogP) is 2.88. The number of nitrogens with zero attached hydrogens (tertiary/aromatic N) is 2. The molecule has 2 rings (SSSR count). The molecule has 1 N–H and O–H groups in total. The standard InChI is InChI=1S/C21H27N3O4S/c1-5-23(6-2)21(26)17-12-8-9-13-18(17)22-20(25)15-24(29(4,27)28)19-14-10-7-11-16(19)3/h7-14H,5-6,15H2,1-4H3,(H,22,25). The minimum absolute atomic E-state index is 0.190. The second-order valence-electron chi connectivity index (χ2n) is 6.63. The number of carbonyl (C=O) groups is 2. The molecule has 0 saturated heterocycles. The summed E-state index contributed by atoms with van der Waals surface area (Å²) in [6.07, 6.45) is 1.06. The fourth-order valence-corrected chi connectivity index (χ4v) is 3.92. The van der Waals surface area contributed by atoms with Gasteiger partial charge >= 0.3 is 0 Å². The molecule has 2 aromatic carbocycles. The van der Waals surface area contributed by atoms with Gasteiger partial charge in [0.2, 0.25) is 15.9 Å². The van der Waals surface area contributed by atoms with Crippen LogP contribution in [0.25, 0.3) is 0 Å². The van der Waals surface area contributed by atoms with Crippen molar-refractivity contribution < 1.29 is 18.0 Å². The summed E-state index contributed by atoms with van der Waals surface area (Å²) >= 11 is 0. The van der Waals surface area contributed by atoms with Crippen LogP contribution >= 0.6 is 0 Å². The number of para-hydroxylation sites is 2. The van der Waals surface area contributed by atoms with Crippen molar-refractivity contribution in [1.82, 2.24) is 4.90 Å².